The van der Waals surface area contributed by atoms with Gasteiger partial charge in [0.2, 0.25) is 0 Å². The number of tetrazole rings is 1. The van der Waals surface area contributed by atoms with Crippen molar-refractivity contribution in [1.82, 2.24) is 20.6 Å². The zero-order valence-electron chi connectivity index (χ0n) is 5.66. The molecule has 0 aliphatic carbocycles. The second kappa shape index (κ2) is 3.78. The first kappa shape index (κ1) is 6.94. The van der Waals surface area contributed by atoms with Gasteiger partial charge in [-0.2, -0.15) is 5.21 Å². The van der Waals surface area contributed by atoms with E-state index in [9.17, 15) is 0 Å². The summed E-state index contributed by atoms with van der Waals surface area (Å²) in [5.74, 6) is 0.355. The number of rotatable bonds is 4. The molecule has 1 rings (SSSR count). The Bertz CT molecular complexity index is 162. The lowest BCUT2D eigenvalue weighted by Crippen LogP contribution is -2.03. The van der Waals surface area contributed by atoms with Crippen molar-refractivity contribution >= 4 is 5.95 Å². The number of nitrogens with zero attached hydrogens (tertiary/aromatic N) is 3. The van der Waals surface area contributed by atoms with Gasteiger partial charge in [0.1, 0.15) is 0 Å². The molecule has 0 fully saturated rings. The number of aromatic amines is 1. The molecule has 6 heteroatoms. The SMILES string of the molecule is CCCONc1nn[nH]n1. The molecule has 0 saturated carbocycles. The van der Waals surface area contributed by atoms with Crippen LogP contribution in [0.15, 0.2) is 0 Å². The van der Waals surface area contributed by atoms with Crippen LogP contribution in [0.4, 0.5) is 5.95 Å². The molecule has 0 atom stereocenters. The molecule has 0 amide bonds. The van der Waals surface area contributed by atoms with Gasteiger partial charge in [-0.05, 0) is 11.6 Å². The summed E-state index contributed by atoms with van der Waals surface area (Å²) < 4.78 is 0. The summed E-state index contributed by atoms with van der Waals surface area (Å²) in [5.41, 5.74) is 2.51. The van der Waals surface area contributed by atoms with Crippen LogP contribution in [0.2, 0.25) is 0 Å². The van der Waals surface area contributed by atoms with Crippen molar-refractivity contribution in [2.45, 2.75) is 13.3 Å². The standard InChI is InChI=1S/C4H9N5O/c1-2-3-10-7-4-5-8-9-6-4/h2-3H2,1H3,(H2,5,6,7,8,9). The van der Waals surface area contributed by atoms with Crippen LogP contribution in [-0.2, 0) is 4.84 Å². The van der Waals surface area contributed by atoms with Crippen molar-refractivity contribution < 1.29 is 4.84 Å². The number of hydrogen-bond donors (Lipinski definition) is 2. The van der Waals surface area contributed by atoms with E-state index in [1.54, 1.807) is 0 Å². The number of anilines is 1. The van der Waals surface area contributed by atoms with E-state index in [2.05, 4.69) is 26.1 Å². The predicted molar refractivity (Wildman–Crippen MR) is 34.0 cm³/mol. The van der Waals surface area contributed by atoms with Gasteiger partial charge in [0, 0.05) is 0 Å². The van der Waals surface area contributed by atoms with E-state index in [0.29, 0.717) is 12.6 Å². The molecule has 10 heavy (non-hydrogen) atoms. The Morgan fingerprint density at radius 1 is 1.70 bits per heavy atom. The summed E-state index contributed by atoms with van der Waals surface area (Å²) in [6.07, 6.45) is 0.949. The summed E-state index contributed by atoms with van der Waals surface area (Å²) in [4.78, 5) is 4.89. The molecule has 1 aromatic rings. The molecular formula is C4H9N5O. The predicted octanol–water partition coefficient (Wildman–Crippen LogP) is -0.0468. The lowest BCUT2D eigenvalue weighted by molar-refractivity contribution is 0.191. The Balaban J connectivity index is 2.15. The first-order chi connectivity index (χ1) is 4.93. The molecule has 0 radical (unpaired) electrons. The maximum absolute atomic E-state index is 4.89. The van der Waals surface area contributed by atoms with Crippen molar-refractivity contribution in [3.8, 4) is 0 Å². The molecular weight excluding hydrogens is 134 g/mol. The fraction of sp³-hybridized carbons (Fsp3) is 0.750. The number of H-pyrrole nitrogens is 1. The van der Waals surface area contributed by atoms with Crippen LogP contribution in [0.1, 0.15) is 13.3 Å². The van der Waals surface area contributed by atoms with Gasteiger partial charge in [-0.1, -0.05) is 12.0 Å². The highest BCUT2D eigenvalue weighted by molar-refractivity contribution is 5.12. The first-order valence-corrected chi connectivity index (χ1v) is 3.04. The van der Waals surface area contributed by atoms with Crippen molar-refractivity contribution in [2.24, 2.45) is 0 Å². The van der Waals surface area contributed by atoms with Crippen molar-refractivity contribution in [2.75, 3.05) is 12.1 Å². The van der Waals surface area contributed by atoms with E-state index < -0.39 is 0 Å². The third-order valence-corrected chi connectivity index (χ3v) is 0.815. The van der Waals surface area contributed by atoms with Crippen LogP contribution in [0, 0.1) is 0 Å². The van der Waals surface area contributed by atoms with E-state index in [0.717, 1.165) is 6.42 Å². The number of hydrogen-bond acceptors (Lipinski definition) is 5. The van der Waals surface area contributed by atoms with Gasteiger partial charge in [-0.3, -0.25) is 4.84 Å². The van der Waals surface area contributed by atoms with Crippen LogP contribution < -0.4 is 5.48 Å². The van der Waals surface area contributed by atoms with E-state index in [4.69, 9.17) is 4.84 Å². The molecule has 1 heterocycles. The van der Waals surface area contributed by atoms with E-state index >= 15 is 0 Å². The lowest BCUT2D eigenvalue weighted by Gasteiger charge is -1.97. The summed E-state index contributed by atoms with van der Waals surface area (Å²) in [7, 11) is 0. The van der Waals surface area contributed by atoms with Gasteiger partial charge < -0.3 is 0 Å². The second-order valence-electron chi connectivity index (χ2n) is 1.69. The summed E-state index contributed by atoms with van der Waals surface area (Å²) in [6, 6.07) is 0. The fourth-order valence-corrected chi connectivity index (χ4v) is 0.423. The molecule has 6 nitrogen and oxygen atoms in total. The maximum Gasteiger partial charge on any atom is 0.286 e. The molecule has 0 aliphatic rings. The largest absolute Gasteiger partial charge is 0.286 e. The molecule has 0 spiro atoms. The minimum Gasteiger partial charge on any atom is -0.273 e. The minimum absolute atomic E-state index is 0.355. The van der Waals surface area contributed by atoms with Crippen LogP contribution in [0.3, 0.4) is 0 Å². The van der Waals surface area contributed by atoms with Crippen molar-refractivity contribution in [3.05, 3.63) is 0 Å². The Kier molecular flexibility index (Phi) is 2.62. The summed E-state index contributed by atoms with van der Waals surface area (Å²) >= 11 is 0. The molecule has 56 valence electrons. The summed E-state index contributed by atoms with van der Waals surface area (Å²) in [5, 5.41) is 12.8. The highest BCUT2D eigenvalue weighted by atomic mass is 16.6. The Morgan fingerprint density at radius 2 is 2.60 bits per heavy atom. The maximum atomic E-state index is 4.89. The van der Waals surface area contributed by atoms with Gasteiger partial charge in [-0.15, -0.1) is 5.10 Å². The Labute approximate surface area is 57.9 Å². The van der Waals surface area contributed by atoms with Crippen LogP contribution in [0.25, 0.3) is 0 Å². The van der Waals surface area contributed by atoms with Crippen LogP contribution in [-0.4, -0.2) is 27.2 Å². The van der Waals surface area contributed by atoms with Crippen molar-refractivity contribution in [1.29, 1.82) is 0 Å². The normalized spacial score (nSPS) is 9.70. The number of aromatic nitrogens is 4. The van der Waals surface area contributed by atoms with E-state index in [1.807, 2.05) is 6.92 Å². The van der Waals surface area contributed by atoms with Gasteiger partial charge in [0.15, 0.2) is 0 Å². The minimum atomic E-state index is 0.355. The Hall–Kier alpha value is -1.17. The van der Waals surface area contributed by atoms with Crippen molar-refractivity contribution in [3.63, 3.8) is 0 Å². The van der Waals surface area contributed by atoms with E-state index in [1.165, 1.54) is 0 Å². The highest BCUT2D eigenvalue weighted by Crippen LogP contribution is 1.89. The van der Waals surface area contributed by atoms with Gasteiger partial charge in [0.25, 0.3) is 5.95 Å². The molecule has 0 unspecified atom stereocenters. The summed E-state index contributed by atoms with van der Waals surface area (Å²) in [6.45, 7) is 2.65. The lowest BCUT2D eigenvalue weighted by atomic mass is 10.5. The third kappa shape index (κ3) is 1.98. The average Bonchev–Trinajstić information content (AvgIpc) is 2.41. The molecule has 2 N–H and O–H groups in total. The monoisotopic (exact) mass is 143 g/mol. The molecule has 0 saturated heterocycles. The fourth-order valence-electron chi connectivity index (χ4n) is 0.423. The molecule has 0 aromatic carbocycles. The number of nitrogens with one attached hydrogen (secondary N) is 2. The van der Waals surface area contributed by atoms with Crippen LogP contribution in [0.5, 0.6) is 0 Å². The molecule has 0 aliphatic heterocycles. The zero-order chi connectivity index (χ0) is 7.23. The molecule has 1 aromatic heterocycles. The highest BCUT2D eigenvalue weighted by Gasteiger charge is 1.92. The van der Waals surface area contributed by atoms with Gasteiger partial charge in [-0.25, -0.2) is 5.48 Å². The second-order valence-corrected chi connectivity index (χ2v) is 1.69. The quantitative estimate of drug-likeness (QED) is 0.456. The first-order valence-electron chi connectivity index (χ1n) is 3.04. The zero-order valence-corrected chi connectivity index (χ0v) is 5.66. The van der Waals surface area contributed by atoms with E-state index in [-0.39, 0.29) is 0 Å². The topological polar surface area (TPSA) is 75.7 Å². The average molecular weight is 143 g/mol. The third-order valence-electron chi connectivity index (χ3n) is 0.815. The Morgan fingerprint density at radius 3 is 3.20 bits per heavy atom. The smallest absolute Gasteiger partial charge is 0.273 e. The van der Waals surface area contributed by atoms with Gasteiger partial charge >= 0.3 is 0 Å². The van der Waals surface area contributed by atoms with Crippen LogP contribution >= 0.6 is 0 Å². The van der Waals surface area contributed by atoms with Gasteiger partial charge in [0.05, 0.1) is 6.61 Å². The molecule has 0 bridgehead atoms.